The molecule has 0 atom stereocenters. The van der Waals surface area contributed by atoms with Crippen molar-refractivity contribution < 1.29 is 0 Å². The Morgan fingerprint density at radius 3 is 2.50 bits per heavy atom. The van der Waals surface area contributed by atoms with Crippen molar-refractivity contribution in [3.63, 3.8) is 0 Å². The first kappa shape index (κ1) is 21.1. The van der Waals surface area contributed by atoms with Gasteiger partial charge >= 0.3 is 0 Å². The summed E-state index contributed by atoms with van der Waals surface area (Å²) in [5.41, 5.74) is 5.94. The number of allylic oxidation sites excluding steroid dienone is 2. The minimum absolute atomic E-state index is 0.106. The average molecular weight is 470 g/mol. The molecule has 0 fully saturated rings. The van der Waals surface area contributed by atoms with E-state index >= 15 is 0 Å². The highest BCUT2D eigenvalue weighted by Crippen LogP contribution is 2.27. The van der Waals surface area contributed by atoms with Crippen LogP contribution in [0.1, 0.15) is 37.7 Å². The molecule has 0 radical (unpaired) electrons. The molecule has 0 bridgehead atoms. The lowest BCUT2D eigenvalue weighted by atomic mass is 9.97. The van der Waals surface area contributed by atoms with Crippen LogP contribution in [0.15, 0.2) is 71.3 Å². The van der Waals surface area contributed by atoms with Crippen LogP contribution in [0.25, 0.3) is 33.2 Å². The molecule has 1 aliphatic carbocycles. The van der Waals surface area contributed by atoms with Crippen molar-refractivity contribution in [3.8, 4) is 0 Å². The van der Waals surface area contributed by atoms with Crippen molar-refractivity contribution in [2.45, 2.75) is 45.2 Å². The summed E-state index contributed by atoms with van der Waals surface area (Å²) in [6.07, 6.45) is 9.75. The first-order valence-electron chi connectivity index (χ1n) is 11.7. The Hall–Kier alpha value is -3.51. The van der Waals surface area contributed by atoms with Gasteiger partial charge in [0.2, 0.25) is 0 Å². The van der Waals surface area contributed by atoms with Gasteiger partial charge in [-0.25, -0.2) is 15.0 Å². The second kappa shape index (κ2) is 8.69. The van der Waals surface area contributed by atoms with Gasteiger partial charge in [0.1, 0.15) is 17.2 Å². The first-order chi connectivity index (χ1) is 16.7. The fourth-order valence-electron chi connectivity index (χ4n) is 4.84. The minimum atomic E-state index is -0.106. The lowest BCUT2D eigenvalue weighted by Gasteiger charge is -2.13. The third kappa shape index (κ3) is 3.78. The highest BCUT2D eigenvalue weighted by atomic mass is 35.5. The van der Waals surface area contributed by atoms with Crippen molar-refractivity contribution in [2.24, 2.45) is 0 Å². The fourth-order valence-corrected chi connectivity index (χ4v) is 4.96. The number of nitrogens with zero attached hydrogens (tertiary/aromatic N) is 5. The van der Waals surface area contributed by atoms with Crippen LogP contribution in [0, 0.1) is 0 Å². The van der Waals surface area contributed by atoms with Crippen LogP contribution in [-0.2, 0) is 13.1 Å². The molecule has 0 saturated heterocycles. The van der Waals surface area contributed by atoms with Crippen molar-refractivity contribution in [2.75, 3.05) is 0 Å². The lowest BCUT2D eigenvalue weighted by Crippen LogP contribution is -2.21. The van der Waals surface area contributed by atoms with E-state index in [9.17, 15) is 4.79 Å². The van der Waals surface area contributed by atoms with Gasteiger partial charge in [-0.3, -0.25) is 9.36 Å². The van der Waals surface area contributed by atoms with E-state index in [1.807, 2.05) is 48.5 Å². The number of hydrogen-bond donors (Lipinski definition) is 0. The smallest absolute Gasteiger partial charge is 0.265 e. The molecule has 3 heterocycles. The van der Waals surface area contributed by atoms with Crippen LogP contribution in [0.5, 0.6) is 0 Å². The topological polar surface area (TPSA) is 65.6 Å². The molecular weight excluding hydrogens is 446 g/mol. The Morgan fingerprint density at radius 1 is 0.941 bits per heavy atom. The number of aryl methyl sites for hydroxylation is 1. The maximum absolute atomic E-state index is 13.7. The number of rotatable bonds is 5. The van der Waals surface area contributed by atoms with Crippen LogP contribution in [0.3, 0.4) is 0 Å². The van der Waals surface area contributed by atoms with Crippen LogP contribution >= 0.6 is 11.6 Å². The largest absolute Gasteiger partial charge is 0.308 e. The lowest BCUT2D eigenvalue weighted by molar-refractivity contribution is 0.637. The average Bonchev–Trinajstić information content (AvgIpc) is 3.18. The second-order valence-electron chi connectivity index (χ2n) is 8.90. The molecule has 0 spiro atoms. The van der Waals surface area contributed by atoms with E-state index in [1.165, 1.54) is 18.4 Å². The monoisotopic (exact) mass is 469 g/mol. The molecular formula is C27H24ClN5O. The summed E-state index contributed by atoms with van der Waals surface area (Å²) in [4.78, 5) is 28.2. The van der Waals surface area contributed by atoms with Crippen LogP contribution in [0.2, 0.25) is 5.02 Å². The summed E-state index contributed by atoms with van der Waals surface area (Å²) in [5, 5.41) is 1.20. The van der Waals surface area contributed by atoms with Crippen LogP contribution in [-0.4, -0.2) is 24.1 Å². The highest BCUT2D eigenvalue weighted by molar-refractivity contribution is 6.30. The normalized spacial score (nSPS) is 14.2. The van der Waals surface area contributed by atoms with Gasteiger partial charge < -0.3 is 4.57 Å². The molecule has 1 aliphatic rings. The predicted octanol–water partition coefficient (Wildman–Crippen LogP) is 5.89. The van der Waals surface area contributed by atoms with Gasteiger partial charge in [0.25, 0.3) is 5.56 Å². The molecule has 6 rings (SSSR count). The molecule has 2 aromatic carbocycles. The summed E-state index contributed by atoms with van der Waals surface area (Å²) in [6.45, 7) is 1.14. The third-order valence-corrected chi connectivity index (χ3v) is 6.88. The van der Waals surface area contributed by atoms with Crippen molar-refractivity contribution >= 4 is 44.8 Å². The Bertz CT molecular complexity index is 1610. The summed E-state index contributed by atoms with van der Waals surface area (Å²) >= 11 is 6.02. The Morgan fingerprint density at radius 2 is 1.74 bits per heavy atom. The van der Waals surface area contributed by atoms with E-state index in [2.05, 4.69) is 10.6 Å². The van der Waals surface area contributed by atoms with Crippen molar-refractivity contribution in [1.29, 1.82) is 0 Å². The van der Waals surface area contributed by atoms with E-state index in [4.69, 9.17) is 26.6 Å². The molecule has 0 aliphatic heterocycles. The third-order valence-electron chi connectivity index (χ3n) is 6.63. The van der Waals surface area contributed by atoms with E-state index in [0.717, 1.165) is 48.1 Å². The number of benzene rings is 2. The van der Waals surface area contributed by atoms with Gasteiger partial charge in [0.15, 0.2) is 11.3 Å². The van der Waals surface area contributed by atoms with Crippen LogP contribution < -0.4 is 5.56 Å². The van der Waals surface area contributed by atoms with Gasteiger partial charge in [-0.15, -0.1) is 0 Å². The van der Waals surface area contributed by atoms with Gasteiger partial charge in [-0.1, -0.05) is 47.5 Å². The first-order valence-corrected chi connectivity index (χ1v) is 12.1. The fraction of sp³-hybridized carbons (Fsp3) is 0.259. The van der Waals surface area contributed by atoms with Gasteiger partial charge in [-0.05, 0) is 61.9 Å². The molecule has 0 amide bonds. The van der Waals surface area contributed by atoms with Crippen molar-refractivity contribution in [1.82, 2.24) is 24.1 Å². The van der Waals surface area contributed by atoms with Gasteiger partial charge in [0.05, 0.1) is 17.6 Å². The summed E-state index contributed by atoms with van der Waals surface area (Å²) in [7, 11) is 0. The quantitative estimate of drug-likeness (QED) is 0.301. The number of para-hydroxylation sites is 2. The Kier molecular flexibility index (Phi) is 5.38. The molecule has 0 unspecified atom stereocenters. The number of fused-ring (bicyclic) bond motifs is 4. The second-order valence-corrected chi connectivity index (χ2v) is 9.33. The molecule has 34 heavy (non-hydrogen) atoms. The molecule has 0 saturated carbocycles. The van der Waals surface area contributed by atoms with E-state index in [0.29, 0.717) is 28.1 Å². The zero-order valence-electron chi connectivity index (χ0n) is 18.7. The maximum atomic E-state index is 13.7. The molecule has 7 heteroatoms. The summed E-state index contributed by atoms with van der Waals surface area (Å²) in [5.74, 6) is 0. The van der Waals surface area contributed by atoms with E-state index in [1.54, 1.807) is 10.9 Å². The minimum Gasteiger partial charge on any atom is -0.308 e. The molecule has 0 N–H and O–H groups in total. The van der Waals surface area contributed by atoms with Crippen molar-refractivity contribution in [3.05, 3.63) is 87.4 Å². The predicted molar refractivity (Wildman–Crippen MR) is 136 cm³/mol. The van der Waals surface area contributed by atoms with E-state index in [-0.39, 0.29) is 5.56 Å². The SMILES string of the molecule is O=c1c2c3nc4ccccc4nc3n(CCC3=CCCCC3)c2ncn1Cc1ccc(Cl)cc1. The zero-order valence-corrected chi connectivity index (χ0v) is 19.5. The van der Waals surface area contributed by atoms with E-state index < -0.39 is 0 Å². The summed E-state index contributed by atoms with van der Waals surface area (Å²) < 4.78 is 3.71. The standard InChI is InChI=1S/C27H24ClN5O/c28-20-12-10-19(11-13-20)16-32-17-29-25-23(27(32)34)24-26(31-22-9-5-4-8-21(22)30-24)33(25)15-14-18-6-2-1-3-7-18/h4-6,8-13,17H,1-3,7,14-16H2. The Balaban J connectivity index is 1.52. The highest BCUT2D eigenvalue weighted by Gasteiger charge is 2.20. The molecule has 3 aromatic heterocycles. The number of aromatic nitrogens is 5. The molecule has 5 aromatic rings. The Labute approximate surface area is 201 Å². The van der Waals surface area contributed by atoms with Gasteiger partial charge in [0, 0.05) is 11.6 Å². The van der Waals surface area contributed by atoms with Gasteiger partial charge in [-0.2, -0.15) is 0 Å². The molecule has 170 valence electrons. The number of halogens is 1. The summed E-state index contributed by atoms with van der Waals surface area (Å²) in [6, 6.07) is 15.3. The number of hydrogen-bond acceptors (Lipinski definition) is 4. The maximum Gasteiger partial charge on any atom is 0.265 e. The van der Waals surface area contributed by atoms with Crippen LogP contribution in [0.4, 0.5) is 0 Å². The molecule has 6 nitrogen and oxygen atoms in total. The zero-order chi connectivity index (χ0) is 23.1.